The Balaban J connectivity index is 2.52. The van der Waals surface area contributed by atoms with Crippen molar-refractivity contribution in [3.63, 3.8) is 0 Å². The SMILES string of the molecule is ClCc1nc2sc(CCl)nc2s1. The first-order valence-electron chi connectivity index (χ1n) is 3.20. The molecule has 0 bridgehead atoms. The predicted molar refractivity (Wildman–Crippen MR) is 54.4 cm³/mol. The second-order valence-electron chi connectivity index (χ2n) is 2.09. The van der Waals surface area contributed by atoms with Crippen molar-refractivity contribution in [1.82, 2.24) is 9.97 Å². The van der Waals surface area contributed by atoms with E-state index in [1.807, 2.05) is 0 Å². The third-order valence-corrected chi connectivity index (χ3v) is 4.14. The van der Waals surface area contributed by atoms with E-state index in [2.05, 4.69) is 9.97 Å². The van der Waals surface area contributed by atoms with Gasteiger partial charge in [0, 0.05) is 0 Å². The van der Waals surface area contributed by atoms with E-state index in [4.69, 9.17) is 23.2 Å². The van der Waals surface area contributed by atoms with Gasteiger partial charge in [-0.05, 0) is 0 Å². The fourth-order valence-corrected chi connectivity index (χ4v) is 3.06. The number of rotatable bonds is 2. The Morgan fingerprint density at radius 2 is 1.33 bits per heavy atom. The number of fused-ring (bicyclic) bond motifs is 1. The molecule has 0 aliphatic carbocycles. The number of halogens is 2. The lowest BCUT2D eigenvalue weighted by molar-refractivity contribution is 1.31. The lowest BCUT2D eigenvalue weighted by Crippen LogP contribution is -1.71. The number of nitrogens with zero attached hydrogens (tertiary/aromatic N) is 2. The highest BCUT2D eigenvalue weighted by Gasteiger charge is 2.08. The zero-order chi connectivity index (χ0) is 8.55. The first kappa shape index (κ1) is 8.69. The van der Waals surface area contributed by atoms with Crippen LogP contribution in [0.15, 0.2) is 0 Å². The van der Waals surface area contributed by atoms with E-state index in [0.717, 1.165) is 19.7 Å². The van der Waals surface area contributed by atoms with Crippen LogP contribution in [0.25, 0.3) is 9.66 Å². The topological polar surface area (TPSA) is 25.8 Å². The van der Waals surface area contributed by atoms with Crippen LogP contribution in [-0.4, -0.2) is 9.97 Å². The Labute approximate surface area is 87.2 Å². The van der Waals surface area contributed by atoms with Crippen molar-refractivity contribution in [1.29, 1.82) is 0 Å². The highest BCUT2D eigenvalue weighted by Crippen LogP contribution is 2.28. The zero-order valence-corrected chi connectivity index (χ0v) is 9.03. The maximum Gasteiger partial charge on any atom is 0.155 e. The number of hydrogen-bond donors (Lipinski definition) is 0. The summed E-state index contributed by atoms with van der Waals surface area (Å²) in [5, 5.41) is 1.85. The molecule has 2 nitrogen and oxygen atoms in total. The first-order valence-corrected chi connectivity index (χ1v) is 5.90. The first-order chi connectivity index (χ1) is 5.83. The number of hydrogen-bond acceptors (Lipinski definition) is 4. The summed E-state index contributed by atoms with van der Waals surface area (Å²) in [7, 11) is 0. The van der Waals surface area contributed by atoms with Crippen LogP contribution in [0.1, 0.15) is 10.0 Å². The van der Waals surface area contributed by atoms with Gasteiger partial charge in [0.25, 0.3) is 0 Å². The quantitative estimate of drug-likeness (QED) is 0.752. The predicted octanol–water partition coefficient (Wildman–Crippen LogP) is 3.23. The van der Waals surface area contributed by atoms with E-state index in [0.29, 0.717) is 11.8 Å². The molecule has 0 radical (unpaired) electrons. The lowest BCUT2D eigenvalue weighted by Gasteiger charge is -1.81. The molecule has 0 N–H and O–H groups in total. The van der Waals surface area contributed by atoms with E-state index in [9.17, 15) is 0 Å². The molecule has 0 amide bonds. The average Bonchev–Trinajstić information content (AvgIpc) is 2.59. The largest absolute Gasteiger partial charge is 0.227 e. The van der Waals surface area contributed by atoms with Gasteiger partial charge >= 0.3 is 0 Å². The normalized spacial score (nSPS) is 11.2. The standard InChI is InChI=1S/C6H4Cl2N2S2/c7-1-3-9-5-6(11-3)10-4(2-8)12-5/h1-2H2. The molecule has 0 spiro atoms. The molecule has 0 aliphatic rings. The number of alkyl halides is 2. The van der Waals surface area contributed by atoms with Crippen molar-refractivity contribution in [2.45, 2.75) is 11.8 Å². The van der Waals surface area contributed by atoms with Gasteiger partial charge in [0.1, 0.15) is 10.0 Å². The second-order valence-corrected chi connectivity index (χ2v) is 4.75. The van der Waals surface area contributed by atoms with Gasteiger partial charge in [0.2, 0.25) is 0 Å². The Kier molecular flexibility index (Phi) is 2.50. The van der Waals surface area contributed by atoms with E-state index < -0.39 is 0 Å². The molecule has 12 heavy (non-hydrogen) atoms. The lowest BCUT2D eigenvalue weighted by atomic mass is 10.8. The minimum atomic E-state index is 0.462. The minimum absolute atomic E-state index is 0.462. The summed E-state index contributed by atoms with van der Waals surface area (Å²) in [4.78, 5) is 10.5. The van der Waals surface area contributed by atoms with Crippen molar-refractivity contribution < 1.29 is 0 Å². The third kappa shape index (κ3) is 1.44. The fourth-order valence-electron chi connectivity index (χ4n) is 0.838. The molecule has 0 saturated carbocycles. The Morgan fingerprint density at radius 1 is 0.917 bits per heavy atom. The Hall–Kier alpha value is 0.1000. The third-order valence-electron chi connectivity index (χ3n) is 1.29. The average molecular weight is 239 g/mol. The summed E-state index contributed by atoms with van der Waals surface area (Å²) in [5.74, 6) is 0.925. The fraction of sp³-hybridized carbons (Fsp3) is 0.333. The van der Waals surface area contributed by atoms with Crippen LogP contribution >= 0.6 is 45.9 Å². The summed E-state index contributed by atoms with van der Waals surface area (Å²) in [6, 6.07) is 0. The number of thiazole rings is 2. The minimum Gasteiger partial charge on any atom is -0.227 e. The van der Waals surface area contributed by atoms with Gasteiger partial charge in [-0.3, -0.25) is 0 Å². The van der Waals surface area contributed by atoms with Crippen molar-refractivity contribution in [2.75, 3.05) is 0 Å². The van der Waals surface area contributed by atoms with Crippen molar-refractivity contribution >= 4 is 55.5 Å². The van der Waals surface area contributed by atoms with Gasteiger partial charge in [0.15, 0.2) is 9.66 Å². The molecule has 2 aromatic heterocycles. The van der Waals surface area contributed by atoms with E-state index in [-0.39, 0.29) is 0 Å². The summed E-state index contributed by atoms with van der Waals surface area (Å²) in [6.45, 7) is 0. The van der Waals surface area contributed by atoms with Gasteiger partial charge in [-0.2, -0.15) is 0 Å². The monoisotopic (exact) mass is 238 g/mol. The van der Waals surface area contributed by atoms with Gasteiger partial charge in [-0.1, -0.05) is 22.7 Å². The molecule has 6 heteroatoms. The molecule has 2 heterocycles. The van der Waals surface area contributed by atoms with Gasteiger partial charge in [-0.25, -0.2) is 9.97 Å². The van der Waals surface area contributed by atoms with Crippen molar-refractivity contribution in [3.8, 4) is 0 Å². The zero-order valence-electron chi connectivity index (χ0n) is 5.88. The maximum absolute atomic E-state index is 5.63. The van der Waals surface area contributed by atoms with Crippen LogP contribution in [0, 0.1) is 0 Å². The van der Waals surface area contributed by atoms with Gasteiger partial charge in [-0.15, -0.1) is 23.2 Å². The Bertz CT molecular complexity index is 330. The summed E-state index contributed by atoms with van der Waals surface area (Å²) in [5.41, 5.74) is 0. The smallest absolute Gasteiger partial charge is 0.155 e. The molecule has 0 saturated heterocycles. The van der Waals surface area contributed by atoms with Crippen LogP contribution in [0.2, 0.25) is 0 Å². The highest BCUT2D eigenvalue weighted by molar-refractivity contribution is 7.26. The van der Waals surface area contributed by atoms with Crippen LogP contribution in [-0.2, 0) is 11.8 Å². The molecule has 0 aromatic carbocycles. The molecule has 2 aromatic rings. The Morgan fingerprint density at radius 3 is 1.67 bits per heavy atom. The summed E-state index contributed by atoms with van der Waals surface area (Å²) >= 11 is 14.3. The van der Waals surface area contributed by atoms with E-state index >= 15 is 0 Å². The molecular formula is C6H4Cl2N2S2. The summed E-state index contributed by atoms with van der Waals surface area (Å²) in [6.07, 6.45) is 0. The maximum atomic E-state index is 5.63. The molecular weight excluding hydrogens is 235 g/mol. The van der Waals surface area contributed by atoms with Gasteiger partial charge < -0.3 is 0 Å². The van der Waals surface area contributed by atoms with Crippen LogP contribution < -0.4 is 0 Å². The van der Waals surface area contributed by atoms with Crippen molar-refractivity contribution in [2.24, 2.45) is 0 Å². The van der Waals surface area contributed by atoms with Crippen molar-refractivity contribution in [3.05, 3.63) is 10.0 Å². The van der Waals surface area contributed by atoms with Crippen LogP contribution in [0.5, 0.6) is 0 Å². The van der Waals surface area contributed by atoms with E-state index in [1.165, 1.54) is 22.7 Å². The van der Waals surface area contributed by atoms with Gasteiger partial charge in [0.05, 0.1) is 11.8 Å². The number of aromatic nitrogens is 2. The molecule has 0 unspecified atom stereocenters. The second kappa shape index (κ2) is 3.46. The molecule has 2 rings (SSSR count). The van der Waals surface area contributed by atoms with Crippen LogP contribution in [0.3, 0.4) is 0 Å². The van der Waals surface area contributed by atoms with E-state index in [1.54, 1.807) is 0 Å². The molecule has 64 valence electrons. The highest BCUT2D eigenvalue weighted by atomic mass is 35.5. The summed E-state index contributed by atoms with van der Waals surface area (Å²) < 4.78 is 0. The molecule has 0 atom stereocenters. The van der Waals surface area contributed by atoms with Crippen LogP contribution in [0.4, 0.5) is 0 Å². The molecule has 0 aliphatic heterocycles. The molecule has 0 fully saturated rings.